The number of hydrogen-bond donors (Lipinski definition) is 5. The molecule has 3 aliphatic rings. The van der Waals surface area contributed by atoms with Crippen molar-refractivity contribution in [2.45, 2.75) is 55.8 Å². The zero-order valence-electron chi connectivity index (χ0n) is 19.9. The van der Waals surface area contributed by atoms with Crippen LogP contribution in [0.25, 0.3) is 0 Å². The lowest BCUT2D eigenvalue weighted by Gasteiger charge is -2.45. The highest BCUT2D eigenvalue weighted by Gasteiger charge is 2.53. The Kier molecular flexibility index (Phi) is 6.80. The van der Waals surface area contributed by atoms with Gasteiger partial charge in [0.25, 0.3) is 0 Å². The highest BCUT2D eigenvalue weighted by atomic mass is 16.6. The van der Waals surface area contributed by atoms with Gasteiger partial charge < -0.3 is 39.7 Å². The molecule has 0 unspecified atom stereocenters. The molecule has 0 radical (unpaired) electrons. The molecule has 36 heavy (non-hydrogen) atoms. The molecule has 5 N–H and O–H groups in total. The summed E-state index contributed by atoms with van der Waals surface area (Å²) in [5, 5.41) is 52.4. The maximum Gasteiger partial charge on any atom is 0.339 e. The number of fused-ring (bicyclic) bond motifs is 3. The minimum Gasteiger partial charge on any atom is -0.504 e. The molecule has 3 aliphatic heterocycles. The van der Waals surface area contributed by atoms with Crippen molar-refractivity contribution in [3.63, 3.8) is 0 Å². The molecule has 3 heterocycles. The maximum absolute atomic E-state index is 13.1. The Morgan fingerprint density at radius 1 is 1.06 bits per heavy atom. The molecule has 0 aromatic heterocycles. The number of aromatic hydroxyl groups is 2. The molecule has 0 amide bonds. The molecule has 5 atom stereocenters. The lowest BCUT2D eigenvalue weighted by molar-refractivity contribution is -0.235. The Morgan fingerprint density at radius 3 is 2.39 bits per heavy atom. The number of ether oxygens (including phenoxy) is 3. The van der Waals surface area contributed by atoms with E-state index in [2.05, 4.69) is 17.0 Å². The summed E-state index contributed by atoms with van der Waals surface area (Å²) in [7, 11) is 1.28. The standard InChI is InChI=1S/C26H31NO9/c1-34-24-19(29)15(11-27-9-7-14(8-10-27)13-5-3-2-4-6-13)17-18(21(24)31)23-25(36-26(17)33)22(32)20(30)16(12-28)35-23/h2-6,14,16,20,22-23,25,28-32H,7-12H2,1H3/t16-,20-,22+,23+,25-/m1/s1. The lowest BCUT2D eigenvalue weighted by Crippen LogP contribution is -2.58. The van der Waals surface area contributed by atoms with Crippen molar-refractivity contribution in [2.24, 2.45) is 0 Å². The number of aliphatic hydroxyl groups excluding tert-OH is 3. The lowest BCUT2D eigenvalue weighted by atomic mass is 9.83. The highest BCUT2D eigenvalue weighted by molar-refractivity contribution is 5.97. The molecule has 194 valence electrons. The van der Waals surface area contributed by atoms with E-state index >= 15 is 0 Å². The van der Waals surface area contributed by atoms with E-state index < -0.39 is 48.8 Å². The number of phenols is 2. The number of hydrogen-bond acceptors (Lipinski definition) is 10. The first-order valence-corrected chi connectivity index (χ1v) is 12.1. The van der Waals surface area contributed by atoms with Crippen molar-refractivity contribution in [1.29, 1.82) is 0 Å². The van der Waals surface area contributed by atoms with Gasteiger partial charge in [0.2, 0.25) is 5.75 Å². The summed E-state index contributed by atoms with van der Waals surface area (Å²) in [5.41, 5.74) is 1.46. The Balaban J connectivity index is 1.48. The molecular weight excluding hydrogens is 470 g/mol. The minimum atomic E-state index is -1.54. The van der Waals surface area contributed by atoms with Gasteiger partial charge >= 0.3 is 5.97 Å². The van der Waals surface area contributed by atoms with Crippen LogP contribution in [-0.2, 0) is 16.0 Å². The summed E-state index contributed by atoms with van der Waals surface area (Å²) in [6, 6.07) is 10.3. The molecule has 5 rings (SSSR count). The van der Waals surface area contributed by atoms with Crippen LogP contribution < -0.4 is 4.74 Å². The molecule has 0 spiro atoms. The van der Waals surface area contributed by atoms with Crippen molar-refractivity contribution in [3.05, 3.63) is 52.6 Å². The van der Waals surface area contributed by atoms with Crippen molar-refractivity contribution in [3.8, 4) is 17.2 Å². The predicted octanol–water partition coefficient (Wildman–Crippen LogP) is 1.18. The topological polar surface area (TPSA) is 149 Å². The highest BCUT2D eigenvalue weighted by Crippen LogP contribution is 2.52. The van der Waals surface area contributed by atoms with Crippen molar-refractivity contribution >= 4 is 5.97 Å². The molecule has 2 fully saturated rings. The Bertz CT molecular complexity index is 1120. The number of rotatable bonds is 5. The molecular formula is C26H31NO9. The molecule has 2 aromatic carbocycles. The van der Waals surface area contributed by atoms with Crippen LogP contribution >= 0.6 is 0 Å². The second-order valence-electron chi connectivity index (χ2n) is 9.59. The van der Waals surface area contributed by atoms with E-state index in [1.54, 1.807) is 0 Å². The van der Waals surface area contributed by atoms with Gasteiger partial charge in [-0.15, -0.1) is 0 Å². The van der Waals surface area contributed by atoms with Crippen LogP contribution in [0.1, 0.15) is 51.9 Å². The molecule has 10 nitrogen and oxygen atoms in total. The Morgan fingerprint density at radius 2 is 1.75 bits per heavy atom. The van der Waals surface area contributed by atoms with E-state index in [0.29, 0.717) is 5.92 Å². The van der Waals surface area contributed by atoms with Gasteiger partial charge in [0.1, 0.15) is 24.4 Å². The van der Waals surface area contributed by atoms with Crippen LogP contribution in [0.15, 0.2) is 30.3 Å². The number of esters is 1. The monoisotopic (exact) mass is 501 g/mol. The van der Waals surface area contributed by atoms with Crippen molar-refractivity contribution in [2.75, 3.05) is 26.8 Å². The van der Waals surface area contributed by atoms with Crippen LogP contribution in [0.4, 0.5) is 0 Å². The summed E-state index contributed by atoms with van der Waals surface area (Å²) >= 11 is 0. The number of carbonyl (C=O) groups excluding carboxylic acids is 1. The first-order valence-electron chi connectivity index (χ1n) is 12.1. The summed E-state index contributed by atoms with van der Waals surface area (Å²) in [4.78, 5) is 15.3. The smallest absolute Gasteiger partial charge is 0.339 e. The van der Waals surface area contributed by atoms with E-state index in [-0.39, 0.29) is 34.7 Å². The number of likely N-dealkylation sites (tertiary alicyclic amines) is 1. The van der Waals surface area contributed by atoms with Gasteiger partial charge in [-0.05, 0) is 37.4 Å². The van der Waals surface area contributed by atoms with E-state index in [9.17, 15) is 30.3 Å². The van der Waals surface area contributed by atoms with Gasteiger partial charge in [0, 0.05) is 17.7 Å². The van der Waals surface area contributed by atoms with E-state index in [4.69, 9.17) is 14.2 Å². The van der Waals surface area contributed by atoms with E-state index in [1.165, 1.54) is 12.7 Å². The van der Waals surface area contributed by atoms with E-state index in [1.807, 2.05) is 18.2 Å². The first kappa shape index (κ1) is 24.8. The van der Waals surface area contributed by atoms with Crippen LogP contribution in [0.5, 0.6) is 17.2 Å². The van der Waals surface area contributed by atoms with Crippen LogP contribution in [0.3, 0.4) is 0 Å². The van der Waals surface area contributed by atoms with Gasteiger partial charge in [0.05, 0.1) is 19.3 Å². The molecule has 10 heteroatoms. The van der Waals surface area contributed by atoms with Gasteiger partial charge in [0.15, 0.2) is 17.6 Å². The summed E-state index contributed by atoms with van der Waals surface area (Å²) < 4.78 is 16.5. The minimum absolute atomic E-state index is 0.00414. The predicted molar refractivity (Wildman–Crippen MR) is 126 cm³/mol. The van der Waals surface area contributed by atoms with Crippen molar-refractivity contribution in [1.82, 2.24) is 4.90 Å². The molecule has 0 aliphatic carbocycles. The third kappa shape index (κ3) is 4.08. The number of carbonyl (C=O) groups is 1. The number of benzene rings is 2. The number of methoxy groups -OCH3 is 1. The Hall–Kier alpha value is -2.89. The SMILES string of the molecule is COc1c(O)c(CN2CCC(c3ccccc3)CC2)c2c(c1O)[C@@H]1O[C@H](CO)[C@@H](O)[C@H](O)[C@H]1OC2=O. The van der Waals surface area contributed by atoms with Crippen LogP contribution in [0, 0.1) is 0 Å². The number of phenolic OH excluding ortho intramolecular Hbond substituents is 2. The second-order valence-corrected chi connectivity index (χ2v) is 9.59. The zero-order chi connectivity index (χ0) is 25.6. The van der Waals surface area contributed by atoms with Crippen LogP contribution in [-0.4, -0.2) is 87.6 Å². The maximum atomic E-state index is 13.1. The number of piperidine rings is 1. The van der Waals surface area contributed by atoms with Gasteiger partial charge in [-0.2, -0.15) is 0 Å². The second kappa shape index (κ2) is 9.87. The van der Waals surface area contributed by atoms with Gasteiger partial charge in [-0.3, -0.25) is 4.90 Å². The average Bonchev–Trinajstić information content (AvgIpc) is 2.90. The van der Waals surface area contributed by atoms with Gasteiger partial charge in [-0.1, -0.05) is 30.3 Å². The first-order chi connectivity index (χ1) is 17.3. The van der Waals surface area contributed by atoms with Crippen molar-refractivity contribution < 1.29 is 44.5 Å². The third-order valence-electron chi connectivity index (χ3n) is 7.59. The summed E-state index contributed by atoms with van der Waals surface area (Å²) in [6.45, 7) is 1.06. The quantitative estimate of drug-likeness (QED) is 0.378. The molecule has 2 aromatic rings. The normalized spacial score (nSPS) is 28.8. The van der Waals surface area contributed by atoms with Gasteiger partial charge in [-0.25, -0.2) is 4.79 Å². The fourth-order valence-corrected chi connectivity index (χ4v) is 5.64. The largest absolute Gasteiger partial charge is 0.504 e. The van der Waals surface area contributed by atoms with Crippen LogP contribution in [0.2, 0.25) is 0 Å². The average molecular weight is 502 g/mol. The fourth-order valence-electron chi connectivity index (χ4n) is 5.64. The summed E-state index contributed by atoms with van der Waals surface area (Å²) in [5.74, 6) is -1.54. The molecule has 0 bridgehead atoms. The molecule has 2 saturated heterocycles. The zero-order valence-corrected chi connectivity index (χ0v) is 19.9. The van der Waals surface area contributed by atoms with E-state index in [0.717, 1.165) is 25.9 Å². The Labute approximate surface area is 208 Å². The summed E-state index contributed by atoms with van der Waals surface area (Å²) in [6.07, 6.45) is -4.87. The fraction of sp³-hybridized carbons (Fsp3) is 0.500. The molecule has 0 saturated carbocycles. The number of nitrogens with zero attached hydrogens (tertiary/aromatic N) is 1. The third-order valence-corrected chi connectivity index (χ3v) is 7.59. The number of aliphatic hydroxyl groups is 3.